The van der Waals surface area contributed by atoms with Crippen molar-refractivity contribution in [2.24, 2.45) is 0 Å². The van der Waals surface area contributed by atoms with Gasteiger partial charge in [-0.1, -0.05) is 0 Å². The summed E-state index contributed by atoms with van der Waals surface area (Å²) in [5.74, 6) is 0.124. The number of rotatable bonds is 5. The van der Waals surface area contributed by atoms with E-state index in [2.05, 4.69) is 15.3 Å². The fraction of sp³-hybridized carbons (Fsp3) is 0.444. The first-order chi connectivity index (χ1) is 12.1. The van der Waals surface area contributed by atoms with Crippen molar-refractivity contribution >= 4 is 22.8 Å². The molecule has 0 aromatic carbocycles. The molecule has 0 bridgehead atoms. The summed E-state index contributed by atoms with van der Waals surface area (Å²) in [5.41, 5.74) is 1.31. The summed E-state index contributed by atoms with van der Waals surface area (Å²) < 4.78 is 5.57. The quantitative estimate of drug-likeness (QED) is 0.891. The van der Waals surface area contributed by atoms with E-state index in [4.69, 9.17) is 4.74 Å². The average molecular weight is 342 g/mol. The first-order valence-corrected chi connectivity index (χ1v) is 8.56. The smallest absolute Gasteiger partial charge is 0.258 e. The SMILES string of the molecule is CC(NC(=O)COc1ccnc2cccnc12)C(=O)N1CCCCC1. The van der Waals surface area contributed by atoms with E-state index in [1.54, 1.807) is 31.5 Å². The molecule has 0 radical (unpaired) electrons. The van der Waals surface area contributed by atoms with Gasteiger partial charge in [-0.15, -0.1) is 0 Å². The Hall–Kier alpha value is -2.70. The summed E-state index contributed by atoms with van der Waals surface area (Å²) in [6.07, 6.45) is 6.47. The topological polar surface area (TPSA) is 84.4 Å². The highest BCUT2D eigenvalue weighted by molar-refractivity contribution is 5.88. The fourth-order valence-electron chi connectivity index (χ4n) is 2.95. The van der Waals surface area contributed by atoms with Crippen molar-refractivity contribution in [2.45, 2.75) is 32.2 Å². The molecule has 132 valence electrons. The van der Waals surface area contributed by atoms with Crippen LogP contribution in [0, 0.1) is 0 Å². The van der Waals surface area contributed by atoms with Gasteiger partial charge < -0.3 is 15.0 Å². The predicted molar refractivity (Wildman–Crippen MR) is 93.1 cm³/mol. The molecule has 0 spiro atoms. The molecule has 1 aliphatic rings. The molecular formula is C18H22N4O3. The summed E-state index contributed by atoms with van der Waals surface area (Å²) in [7, 11) is 0. The molecule has 25 heavy (non-hydrogen) atoms. The van der Waals surface area contributed by atoms with Gasteiger partial charge in [0, 0.05) is 31.5 Å². The second-order valence-electron chi connectivity index (χ2n) is 6.14. The summed E-state index contributed by atoms with van der Waals surface area (Å²) in [4.78, 5) is 34.7. The number of carbonyl (C=O) groups excluding carboxylic acids is 2. The zero-order chi connectivity index (χ0) is 17.6. The fourth-order valence-corrected chi connectivity index (χ4v) is 2.95. The van der Waals surface area contributed by atoms with Gasteiger partial charge in [-0.05, 0) is 38.3 Å². The van der Waals surface area contributed by atoms with Crippen molar-refractivity contribution in [3.63, 3.8) is 0 Å². The number of hydrogen-bond acceptors (Lipinski definition) is 5. The Morgan fingerprint density at radius 2 is 2.00 bits per heavy atom. The van der Waals surface area contributed by atoms with Crippen LogP contribution in [0.25, 0.3) is 11.0 Å². The van der Waals surface area contributed by atoms with Crippen molar-refractivity contribution in [2.75, 3.05) is 19.7 Å². The molecule has 3 rings (SSSR count). The summed E-state index contributed by atoms with van der Waals surface area (Å²) in [6.45, 7) is 3.07. The summed E-state index contributed by atoms with van der Waals surface area (Å²) in [5, 5.41) is 2.70. The van der Waals surface area contributed by atoms with Crippen LogP contribution in [0.2, 0.25) is 0 Å². The molecule has 1 atom stereocenters. The first kappa shape index (κ1) is 17.1. The van der Waals surface area contributed by atoms with Crippen LogP contribution in [0.5, 0.6) is 5.75 Å². The van der Waals surface area contributed by atoms with Gasteiger partial charge in [-0.3, -0.25) is 19.6 Å². The van der Waals surface area contributed by atoms with E-state index in [9.17, 15) is 9.59 Å². The lowest BCUT2D eigenvalue weighted by Crippen LogP contribution is -2.49. The van der Waals surface area contributed by atoms with Crippen LogP contribution < -0.4 is 10.1 Å². The zero-order valence-corrected chi connectivity index (χ0v) is 14.3. The largest absolute Gasteiger partial charge is 0.481 e. The molecular weight excluding hydrogens is 320 g/mol. The molecule has 2 amide bonds. The number of nitrogens with zero attached hydrogens (tertiary/aromatic N) is 3. The Kier molecular flexibility index (Phi) is 5.42. The number of fused-ring (bicyclic) bond motifs is 1. The van der Waals surface area contributed by atoms with E-state index in [0.717, 1.165) is 32.4 Å². The maximum Gasteiger partial charge on any atom is 0.258 e. The highest BCUT2D eigenvalue weighted by Crippen LogP contribution is 2.20. The van der Waals surface area contributed by atoms with Gasteiger partial charge >= 0.3 is 0 Å². The van der Waals surface area contributed by atoms with E-state index in [1.807, 2.05) is 11.0 Å². The van der Waals surface area contributed by atoms with Crippen molar-refractivity contribution in [3.05, 3.63) is 30.6 Å². The first-order valence-electron chi connectivity index (χ1n) is 8.56. The van der Waals surface area contributed by atoms with Crippen molar-refractivity contribution < 1.29 is 14.3 Å². The van der Waals surface area contributed by atoms with Crippen LogP contribution in [0.1, 0.15) is 26.2 Å². The zero-order valence-electron chi connectivity index (χ0n) is 14.3. The predicted octanol–water partition coefficient (Wildman–Crippen LogP) is 1.53. The van der Waals surface area contributed by atoms with Crippen LogP contribution in [-0.2, 0) is 9.59 Å². The van der Waals surface area contributed by atoms with Crippen LogP contribution in [0.15, 0.2) is 30.6 Å². The van der Waals surface area contributed by atoms with Gasteiger partial charge in [0.05, 0.1) is 5.52 Å². The Morgan fingerprint density at radius 1 is 1.20 bits per heavy atom. The highest BCUT2D eigenvalue weighted by atomic mass is 16.5. The molecule has 1 aliphatic heterocycles. The average Bonchev–Trinajstić information content (AvgIpc) is 2.66. The summed E-state index contributed by atoms with van der Waals surface area (Å²) >= 11 is 0. The highest BCUT2D eigenvalue weighted by Gasteiger charge is 2.23. The number of hydrogen-bond donors (Lipinski definition) is 1. The lowest BCUT2D eigenvalue weighted by atomic mass is 10.1. The number of carbonyl (C=O) groups is 2. The summed E-state index contributed by atoms with van der Waals surface area (Å²) in [6, 6.07) is 4.74. The van der Waals surface area contributed by atoms with E-state index in [0.29, 0.717) is 16.8 Å². The van der Waals surface area contributed by atoms with E-state index >= 15 is 0 Å². The molecule has 0 aliphatic carbocycles. The van der Waals surface area contributed by atoms with Gasteiger partial charge in [0.25, 0.3) is 5.91 Å². The monoisotopic (exact) mass is 342 g/mol. The minimum atomic E-state index is -0.554. The second kappa shape index (κ2) is 7.92. The Morgan fingerprint density at radius 3 is 2.80 bits per heavy atom. The third-order valence-electron chi connectivity index (χ3n) is 4.23. The van der Waals surface area contributed by atoms with Gasteiger partial charge in [0.2, 0.25) is 5.91 Å². The molecule has 1 saturated heterocycles. The third-order valence-corrected chi connectivity index (χ3v) is 4.23. The van der Waals surface area contributed by atoms with Gasteiger partial charge in [0.15, 0.2) is 6.61 Å². The second-order valence-corrected chi connectivity index (χ2v) is 6.14. The number of ether oxygens (including phenoxy) is 1. The molecule has 1 unspecified atom stereocenters. The number of likely N-dealkylation sites (tertiary alicyclic amines) is 1. The van der Waals surface area contributed by atoms with Gasteiger partial charge in [-0.2, -0.15) is 0 Å². The number of pyridine rings is 2. The van der Waals surface area contributed by atoms with E-state index in [1.165, 1.54) is 0 Å². The van der Waals surface area contributed by atoms with E-state index in [-0.39, 0.29) is 18.4 Å². The van der Waals surface area contributed by atoms with Gasteiger partial charge in [-0.25, -0.2) is 0 Å². The third kappa shape index (κ3) is 4.23. The Bertz CT molecular complexity index is 754. The van der Waals surface area contributed by atoms with Crippen LogP contribution in [0.3, 0.4) is 0 Å². The molecule has 1 fully saturated rings. The van der Waals surface area contributed by atoms with Crippen LogP contribution in [0.4, 0.5) is 0 Å². The van der Waals surface area contributed by atoms with Crippen molar-refractivity contribution in [1.82, 2.24) is 20.2 Å². The maximum atomic E-state index is 12.3. The number of nitrogens with one attached hydrogen (secondary N) is 1. The minimum Gasteiger partial charge on any atom is -0.481 e. The lowest BCUT2D eigenvalue weighted by molar-refractivity contribution is -0.137. The van der Waals surface area contributed by atoms with Crippen LogP contribution >= 0.6 is 0 Å². The Balaban J connectivity index is 1.54. The molecule has 2 aromatic rings. The molecule has 1 N–H and O–H groups in total. The normalized spacial score (nSPS) is 15.6. The minimum absolute atomic E-state index is 0.0379. The molecule has 0 saturated carbocycles. The standard InChI is InChI=1S/C18H22N4O3/c1-13(18(24)22-10-3-2-4-11-22)21-16(23)12-25-15-7-9-19-14-6-5-8-20-17(14)15/h5-9,13H,2-4,10-12H2,1H3,(H,21,23). The molecule has 7 nitrogen and oxygen atoms in total. The number of amides is 2. The number of aromatic nitrogens is 2. The Labute approximate surface area is 146 Å². The van der Waals surface area contributed by atoms with E-state index < -0.39 is 6.04 Å². The maximum absolute atomic E-state index is 12.3. The van der Waals surface area contributed by atoms with Crippen molar-refractivity contribution in [3.8, 4) is 5.75 Å². The van der Waals surface area contributed by atoms with Crippen molar-refractivity contribution in [1.29, 1.82) is 0 Å². The molecule has 3 heterocycles. The lowest BCUT2D eigenvalue weighted by Gasteiger charge is -2.29. The van der Waals surface area contributed by atoms with Crippen LogP contribution in [-0.4, -0.2) is 52.4 Å². The van der Waals surface area contributed by atoms with Gasteiger partial charge in [0.1, 0.15) is 17.3 Å². The molecule has 7 heteroatoms. The number of piperidine rings is 1. The molecule has 2 aromatic heterocycles.